The van der Waals surface area contributed by atoms with Crippen LogP contribution in [-0.2, 0) is 5.60 Å². The Labute approximate surface area is 93.7 Å². The molecule has 0 aromatic carbocycles. The van der Waals surface area contributed by atoms with Gasteiger partial charge in [-0.3, -0.25) is 0 Å². The molecular weight excluding hydrogens is 216 g/mol. The van der Waals surface area contributed by atoms with Gasteiger partial charge in [0.2, 0.25) is 0 Å². The first-order valence-corrected chi connectivity index (χ1v) is 6.33. The molecule has 0 radical (unpaired) electrons. The number of hydrogen-bond donors (Lipinski definition) is 1. The molecule has 1 fully saturated rings. The summed E-state index contributed by atoms with van der Waals surface area (Å²) in [6, 6.07) is 1.96. The number of halogens is 1. The van der Waals surface area contributed by atoms with Gasteiger partial charge in [0.1, 0.15) is 0 Å². The number of hydrogen-bond acceptors (Lipinski definition) is 2. The average Bonchev–Trinajstić information content (AvgIpc) is 2.51. The van der Waals surface area contributed by atoms with Crippen molar-refractivity contribution in [1.29, 1.82) is 0 Å². The van der Waals surface area contributed by atoms with Gasteiger partial charge in [0.05, 0.1) is 9.94 Å². The van der Waals surface area contributed by atoms with E-state index in [-0.39, 0.29) is 0 Å². The average molecular weight is 231 g/mol. The Kier molecular flexibility index (Phi) is 2.87. The maximum absolute atomic E-state index is 10.5. The van der Waals surface area contributed by atoms with Gasteiger partial charge in [-0.05, 0) is 36.6 Å². The second-order valence-electron chi connectivity index (χ2n) is 4.34. The van der Waals surface area contributed by atoms with Crippen molar-refractivity contribution in [3.05, 3.63) is 21.3 Å². The van der Waals surface area contributed by atoms with Crippen molar-refractivity contribution in [2.24, 2.45) is 5.92 Å². The molecule has 2 rings (SSSR count). The van der Waals surface area contributed by atoms with Crippen LogP contribution in [-0.4, -0.2) is 5.11 Å². The van der Waals surface area contributed by atoms with Gasteiger partial charge in [0, 0.05) is 5.56 Å². The molecule has 1 nitrogen and oxygen atoms in total. The zero-order chi connectivity index (χ0) is 10.2. The molecule has 1 heterocycles. The van der Waals surface area contributed by atoms with Gasteiger partial charge in [-0.2, -0.15) is 0 Å². The van der Waals surface area contributed by atoms with Crippen molar-refractivity contribution in [3.8, 4) is 0 Å². The summed E-state index contributed by atoms with van der Waals surface area (Å²) in [5.41, 5.74) is 0.282. The first-order chi connectivity index (χ1) is 6.62. The largest absolute Gasteiger partial charge is 0.385 e. The second-order valence-corrected chi connectivity index (χ2v) is 5.86. The monoisotopic (exact) mass is 230 g/mol. The molecule has 0 saturated heterocycles. The molecule has 1 aliphatic carbocycles. The zero-order valence-corrected chi connectivity index (χ0v) is 9.87. The second kappa shape index (κ2) is 3.84. The molecule has 1 saturated carbocycles. The fourth-order valence-electron chi connectivity index (χ4n) is 2.40. The van der Waals surface area contributed by atoms with Crippen LogP contribution < -0.4 is 0 Å². The van der Waals surface area contributed by atoms with Crippen molar-refractivity contribution < 1.29 is 5.11 Å². The van der Waals surface area contributed by atoms with E-state index in [9.17, 15) is 5.11 Å². The van der Waals surface area contributed by atoms with E-state index >= 15 is 0 Å². The molecule has 2 unspecified atom stereocenters. The Balaban J connectivity index is 2.27. The summed E-state index contributed by atoms with van der Waals surface area (Å²) in [7, 11) is 0. The van der Waals surface area contributed by atoms with E-state index in [1.807, 2.05) is 11.4 Å². The maximum Gasteiger partial charge on any atom is 0.0989 e. The van der Waals surface area contributed by atoms with Crippen molar-refractivity contribution in [1.82, 2.24) is 0 Å². The van der Waals surface area contributed by atoms with Gasteiger partial charge in [-0.15, -0.1) is 11.3 Å². The Morgan fingerprint density at radius 1 is 1.64 bits per heavy atom. The molecule has 0 bridgehead atoms. The SMILES string of the molecule is CC1CCCC(O)(c2ccsc2Cl)C1. The van der Waals surface area contributed by atoms with Crippen LogP contribution in [0, 0.1) is 5.92 Å². The number of thiophene rings is 1. The molecule has 3 heteroatoms. The summed E-state index contributed by atoms with van der Waals surface area (Å²) in [4.78, 5) is 0. The van der Waals surface area contributed by atoms with Crippen molar-refractivity contribution in [3.63, 3.8) is 0 Å². The fraction of sp³-hybridized carbons (Fsp3) is 0.636. The van der Waals surface area contributed by atoms with E-state index in [2.05, 4.69) is 6.92 Å². The zero-order valence-electron chi connectivity index (χ0n) is 8.29. The first-order valence-electron chi connectivity index (χ1n) is 5.08. The van der Waals surface area contributed by atoms with Gasteiger partial charge in [-0.25, -0.2) is 0 Å². The van der Waals surface area contributed by atoms with E-state index in [0.29, 0.717) is 5.92 Å². The summed E-state index contributed by atoms with van der Waals surface area (Å²) in [6.07, 6.45) is 4.03. The summed E-state index contributed by atoms with van der Waals surface area (Å²) >= 11 is 7.57. The Morgan fingerprint density at radius 2 is 2.43 bits per heavy atom. The molecule has 1 aromatic rings. The van der Waals surface area contributed by atoms with Crippen LogP contribution in [0.1, 0.15) is 38.2 Å². The van der Waals surface area contributed by atoms with E-state index < -0.39 is 5.60 Å². The van der Waals surface area contributed by atoms with Crippen LogP contribution in [0.5, 0.6) is 0 Å². The minimum absolute atomic E-state index is 0.602. The van der Waals surface area contributed by atoms with E-state index in [4.69, 9.17) is 11.6 Å². The molecule has 0 spiro atoms. The minimum Gasteiger partial charge on any atom is -0.385 e. The third kappa shape index (κ3) is 1.83. The Hall–Kier alpha value is -0.0500. The standard InChI is InChI=1S/C11H15ClOS/c1-8-3-2-5-11(13,7-8)9-4-6-14-10(9)12/h4,6,8,13H,2-3,5,7H2,1H3. The van der Waals surface area contributed by atoms with E-state index in [0.717, 1.165) is 29.2 Å². The molecule has 14 heavy (non-hydrogen) atoms. The molecule has 1 N–H and O–H groups in total. The molecule has 78 valence electrons. The lowest BCUT2D eigenvalue weighted by atomic mass is 9.76. The third-order valence-electron chi connectivity index (χ3n) is 3.09. The van der Waals surface area contributed by atoms with E-state index in [1.54, 1.807) is 0 Å². The maximum atomic E-state index is 10.5. The van der Waals surface area contributed by atoms with Crippen molar-refractivity contribution >= 4 is 22.9 Å². The highest BCUT2D eigenvalue weighted by atomic mass is 35.5. The highest BCUT2D eigenvalue weighted by Crippen LogP contribution is 2.43. The van der Waals surface area contributed by atoms with Crippen LogP contribution in [0.25, 0.3) is 0 Å². The quantitative estimate of drug-likeness (QED) is 0.778. The van der Waals surface area contributed by atoms with Crippen molar-refractivity contribution in [2.45, 2.75) is 38.2 Å². The molecule has 2 atom stereocenters. The van der Waals surface area contributed by atoms with Crippen LogP contribution >= 0.6 is 22.9 Å². The molecule has 1 aliphatic rings. The van der Waals surface area contributed by atoms with Gasteiger partial charge >= 0.3 is 0 Å². The van der Waals surface area contributed by atoms with Gasteiger partial charge < -0.3 is 5.11 Å². The molecule has 0 aliphatic heterocycles. The van der Waals surface area contributed by atoms with Crippen molar-refractivity contribution in [2.75, 3.05) is 0 Å². The van der Waals surface area contributed by atoms with Gasteiger partial charge in [0.15, 0.2) is 0 Å². The van der Waals surface area contributed by atoms with Gasteiger partial charge in [0.25, 0.3) is 0 Å². The van der Waals surface area contributed by atoms with Crippen LogP contribution in [0.4, 0.5) is 0 Å². The minimum atomic E-state index is -0.658. The highest BCUT2D eigenvalue weighted by Gasteiger charge is 2.36. The van der Waals surface area contributed by atoms with Gasteiger partial charge in [-0.1, -0.05) is 24.9 Å². The Bertz CT molecular complexity index is 323. The third-order valence-corrected chi connectivity index (χ3v) is 4.26. The first kappa shape index (κ1) is 10.5. The molecule has 0 amide bonds. The number of rotatable bonds is 1. The fourth-order valence-corrected chi connectivity index (χ4v) is 3.50. The predicted octanol–water partition coefficient (Wildman–Crippen LogP) is 3.80. The normalized spacial score (nSPS) is 33.2. The van der Waals surface area contributed by atoms with E-state index in [1.165, 1.54) is 17.8 Å². The topological polar surface area (TPSA) is 20.2 Å². The van der Waals surface area contributed by atoms with Crippen LogP contribution in [0.3, 0.4) is 0 Å². The summed E-state index contributed by atoms with van der Waals surface area (Å²) in [6.45, 7) is 2.20. The number of aliphatic hydroxyl groups is 1. The summed E-state index contributed by atoms with van der Waals surface area (Å²) in [5, 5.41) is 12.5. The van der Waals surface area contributed by atoms with Crippen LogP contribution in [0.2, 0.25) is 4.34 Å². The van der Waals surface area contributed by atoms with Crippen LogP contribution in [0.15, 0.2) is 11.4 Å². The molecular formula is C11H15ClOS. The summed E-state index contributed by atoms with van der Waals surface area (Å²) < 4.78 is 0.751. The predicted molar refractivity (Wildman–Crippen MR) is 60.9 cm³/mol. The highest BCUT2D eigenvalue weighted by molar-refractivity contribution is 7.14. The lowest BCUT2D eigenvalue weighted by Crippen LogP contribution is -2.31. The Morgan fingerprint density at radius 3 is 3.00 bits per heavy atom. The lowest BCUT2D eigenvalue weighted by Gasteiger charge is -2.35. The summed E-state index contributed by atoms with van der Waals surface area (Å²) in [5.74, 6) is 0.602. The smallest absolute Gasteiger partial charge is 0.0989 e. The lowest BCUT2D eigenvalue weighted by molar-refractivity contribution is -0.0174. The molecule has 1 aromatic heterocycles.